The van der Waals surface area contributed by atoms with E-state index in [1.54, 1.807) is 12.1 Å². The van der Waals surface area contributed by atoms with Crippen LogP contribution in [0.1, 0.15) is 109 Å². The highest BCUT2D eigenvalue weighted by Crippen LogP contribution is 2.65. The van der Waals surface area contributed by atoms with Crippen LogP contribution in [0, 0.1) is 29.6 Å². The zero-order valence-corrected chi connectivity index (χ0v) is 29.4. The molecular weight excluding hydrogens is 680 g/mol. The van der Waals surface area contributed by atoms with Crippen molar-refractivity contribution < 1.29 is 30.2 Å². The fourth-order valence-corrected chi connectivity index (χ4v) is 10.9. The second-order valence-electron chi connectivity index (χ2n) is 14.9. The van der Waals surface area contributed by atoms with E-state index in [9.17, 15) is 17.2 Å². The average molecular weight is 726 g/mol. The first-order valence-corrected chi connectivity index (χ1v) is 19.0. The van der Waals surface area contributed by atoms with Crippen molar-refractivity contribution in [1.82, 2.24) is 0 Å². The summed E-state index contributed by atoms with van der Waals surface area (Å²) in [7, 11) is -4.18. The predicted molar refractivity (Wildman–Crippen MR) is 176 cm³/mol. The fraction of sp³-hybridized carbons (Fsp3) is 0.622. The van der Waals surface area contributed by atoms with Gasteiger partial charge in [0.15, 0.2) is 5.83 Å². The number of allylic oxidation sites excluding steroid dienone is 7. The van der Waals surface area contributed by atoms with Crippen LogP contribution >= 0.6 is 15.9 Å². The van der Waals surface area contributed by atoms with E-state index >= 15 is 8.78 Å². The van der Waals surface area contributed by atoms with Crippen LogP contribution in [0.15, 0.2) is 75.8 Å². The summed E-state index contributed by atoms with van der Waals surface area (Å²) in [5.74, 6) is -2.37. The summed E-state index contributed by atoms with van der Waals surface area (Å²) in [6, 6.07) is 6.19. The molecule has 8 aliphatic carbocycles. The maximum absolute atomic E-state index is 15.3. The highest BCUT2D eigenvalue weighted by atomic mass is 79.9. The Kier molecular flexibility index (Phi) is 9.15. The van der Waals surface area contributed by atoms with E-state index in [-0.39, 0.29) is 23.7 Å². The molecule has 9 rings (SSSR count). The van der Waals surface area contributed by atoms with Gasteiger partial charge in [0.1, 0.15) is 23.1 Å². The van der Waals surface area contributed by atoms with Gasteiger partial charge in [0.2, 0.25) is 0 Å². The molecular formula is C37H45BrF4O3S. The van der Waals surface area contributed by atoms with E-state index in [0.717, 1.165) is 69.8 Å². The van der Waals surface area contributed by atoms with Gasteiger partial charge in [-0.15, -0.1) is 0 Å². The number of hydrogen-bond donors (Lipinski definition) is 0. The van der Waals surface area contributed by atoms with E-state index in [1.165, 1.54) is 23.3 Å². The zero-order chi connectivity index (χ0) is 33.1. The Bertz CT molecular complexity index is 1590. The molecule has 0 radical (unpaired) electrons. The quantitative estimate of drug-likeness (QED) is 0.131. The lowest BCUT2D eigenvalue weighted by atomic mass is 9.55. The van der Waals surface area contributed by atoms with Gasteiger partial charge >= 0.3 is 0 Å². The van der Waals surface area contributed by atoms with Gasteiger partial charge < -0.3 is 0 Å². The first-order valence-electron chi connectivity index (χ1n) is 16.8. The van der Waals surface area contributed by atoms with Crippen LogP contribution in [-0.2, 0) is 14.3 Å². The molecule has 2 unspecified atom stereocenters. The number of benzene rings is 1. The lowest BCUT2D eigenvalue weighted by Crippen LogP contribution is -2.51. The van der Waals surface area contributed by atoms with E-state index < -0.39 is 54.2 Å². The lowest BCUT2D eigenvalue weighted by molar-refractivity contribution is -0.0492. The maximum Gasteiger partial charge on any atom is 0.297 e. The zero-order valence-electron chi connectivity index (χ0n) is 27.0. The Labute approximate surface area is 279 Å². The third-order valence-electron chi connectivity index (χ3n) is 12.4. The number of aryl methyl sites for hydroxylation is 1. The van der Waals surface area contributed by atoms with Crippen LogP contribution in [0.4, 0.5) is 17.6 Å². The minimum Gasteiger partial charge on any atom is -0.252 e. The molecule has 252 valence electrons. The summed E-state index contributed by atoms with van der Waals surface area (Å²) in [6.45, 7) is 6.04. The summed E-state index contributed by atoms with van der Waals surface area (Å²) in [4.78, 5) is -0.0315. The van der Waals surface area contributed by atoms with E-state index in [4.69, 9.17) is 4.18 Å². The van der Waals surface area contributed by atoms with Crippen molar-refractivity contribution in [2.45, 2.75) is 125 Å². The fourth-order valence-electron chi connectivity index (χ4n) is 9.10. The van der Waals surface area contributed by atoms with Gasteiger partial charge in [-0.25, -0.2) is 17.6 Å². The molecule has 0 N–H and O–H groups in total. The molecule has 2 saturated carbocycles. The molecule has 4 bridgehead atoms. The number of rotatable bonds is 5. The lowest BCUT2D eigenvalue weighted by Gasteiger charge is -2.53. The predicted octanol–water partition coefficient (Wildman–Crippen LogP) is 11.5. The van der Waals surface area contributed by atoms with Crippen molar-refractivity contribution in [2.24, 2.45) is 22.7 Å². The molecule has 46 heavy (non-hydrogen) atoms. The molecule has 2 fully saturated rings. The third kappa shape index (κ3) is 5.72. The van der Waals surface area contributed by atoms with E-state index in [0.29, 0.717) is 18.8 Å². The number of hydrogen-bond acceptors (Lipinski definition) is 3. The smallest absolute Gasteiger partial charge is 0.252 e. The van der Waals surface area contributed by atoms with Gasteiger partial charge in [0, 0.05) is 10.8 Å². The average Bonchev–Trinajstić information content (AvgIpc) is 3.04. The normalized spacial score (nSPS) is 37.5. The van der Waals surface area contributed by atoms with Gasteiger partial charge in [-0.2, -0.15) is 8.42 Å². The molecule has 0 spiro atoms. The van der Waals surface area contributed by atoms with Gasteiger partial charge in [0.25, 0.3) is 10.1 Å². The summed E-state index contributed by atoms with van der Waals surface area (Å²) >= 11 is 3.41. The van der Waals surface area contributed by atoms with Crippen molar-refractivity contribution in [3.63, 3.8) is 0 Å². The first kappa shape index (κ1) is 34.2. The number of alkyl halides is 1. The molecule has 9 heteroatoms. The SMILES string of the molecule is CC1=CCC(C23CCC(Br)(CC2)C(F)=C3F)CC1.CC1=CCC(C23CCC(OS(=O)(=O)c4ccc(C)cc4)(CC2)C(F)=C3F)CC1. The van der Waals surface area contributed by atoms with Crippen molar-refractivity contribution in [2.75, 3.05) is 0 Å². The van der Waals surface area contributed by atoms with Crippen LogP contribution in [-0.4, -0.2) is 18.3 Å². The van der Waals surface area contributed by atoms with Crippen molar-refractivity contribution in [3.8, 4) is 0 Å². The molecule has 0 aliphatic heterocycles. The summed E-state index contributed by atoms with van der Waals surface area (Å²) in [5, 5.41) is 0. The molecule has 8 aliphatic rings. The van der Waals surface area contributed by atoms with Crippen LogP contribution in [0.2, 0.25) is 0 Å². The third-order valence-corrected chi connectivity index (χ3v) is 14.9. The van der Waals surface area contributed by atoms with Gasteiger partial charge in [-0.3, -0.25) is 4.18 Å². The highest BCUT2D eigenvalue weighted by Gasteiger charge is 2.61. The molecule has 2 atom stereocenters. The largest absolute Gasteiger partial charge is 0.297 e. The Morgan fingerprint density at radius 1 is 0.674 bits per heavy atom. The summed E-state index contributed by atoms with van der Waals surface area (Å²) in [6.07, 6.45) is 14.1. The van der Waals surface area contributed by atoms with Gasteiger partial charge in [-0.05, 0) is 135 Å². The summed E-state index contributed by atoms with van der Waals surface area (Å²) in [5.41, 5.74) is 0.610. The highest BCUT2D eigenvalue weighted by molar-refractivity contribution is 9.10. The van der Waals surface area contributed by atoms with Crippen LogP contribution in [0.3, 0.4) is 0 Å². The Morgan fingerprint density at radius 3 is 1.59 bits per heavy atom. The van der Waals surface area contributed by atoms with E-state index in [2.05, 4.69) is 41.9 Å². The molecule has 3 nitrogen and oxygen atoms in total. The molecule has 0 aromatic heterocycles. The minimum absolute atomic E-state index is 0.0315. The Morgan fingerprint density at radius 2 is 1.13 bits per heavy atom. The standard InChI is InChI=1S/C22H26F2O3S.C15H19BrF2/c1-15-3-7-17(8-4-15)21-11-13-22(14-12-21,20(24)19(21)23)27-28(25,26)18-9-5-16(2)6-10-18;1-10-2-4-11(5-3-10)14-6-8-15(16,9-7-14)13(18)12(14)17/h3,5-6,9-10,17H,4,7-8,11-14H2,1-2H3;2,11H,3-9H2,1H3. The molecule has 0 heterocycles. The van der Waals surface area contributed by atoms with Gasteiger partial charge in [-0.1, -0.05) is 56.9 Å². The van der Waals surface area contributed by atoms with Crippen LogP contribution < -0.4 is 0 Å². The van der Waals surface area contributed by atoms with Crippen molar-refractivity contribution in [1.29, 1.82) is 0 Å². The molecule has 0 amide bonds. The number of halogens is 5. The summed E-state index contributed by atoms with van der Waals surface area (Å²) < 4.78 is 89.4. The monoisotopic (exact) mass is 724 g/mol. The topological polar surface area (TPSA) is 43.4 Å². The van der Waals surface area contributed by atoms with Crippen molar-refractivity contribution >= 4 is 26.0 Å². The first-order chi connectivity index (χ1) is 21.7. The maximum atomic E-state index is 15.3. The van der Waals surface area contributed by atoms with E-state index in [1.807, 2.05) is 6.92 Å². The van der Waals surface area contributed by atoms with Crippen molar-refractivity contribution in [3.05, 3.63) is 76.4 Å². The Balaban J connectivity index is 0.000000178. The second-order valence-corrected chi connectivity index (χ2v) is 18.0. The minimum atomic E-state index is -4.18. The number of fused-ring (bicyclic) bond motifs is 4. The van der Waals surface area contributed by atoms with Gasteiger partial charge in [0.05, 0.1) is 9.22 Å². The Hall–Kier alpha value is -1.71. The molecule has 1 aromatic rings. The van der Waals surface area contributed by atoms with Crippen LogP contribution in [0.25, 0.3) is 0 Å². The molecule has 1 aromatic carbocycles. The molecule has 0 saturated heterocycles. The van der Waals surface area contributed by atoms with Crippen LogP contribution in [0.5, 0.6) is 0 Å². The second kappa shape index (κ2) is 12.3.